The number of nitrogens with one attached hydrogen (secondary N) is 1. The number of amides is 1. The first-order chi connectivity index (χ1) is 11.6. The van der Waals surface area contributed by atoms with Gasteiger partial charge in [0.1, 0.15) is 0 Å². The fourth-order valence-corrected chi connectivity index (χ4v) is 2.92. The molecule has 2 aromatic heterocycles. The summed E-state index contributed by atoms with van der Waals surface area (Å²) in [6, 6.07) is 10.1. The Hall–Kier alpha value is -2.94. The van der Waals surface area contributed by atoms with Crippen LogP contribution in [-0.4, -0.2) is 31.2 Å². The first kappa shape index (κ1) is 15.9. The monoisotopic (exact) mass is 343 g/mol. The van der Waals surface area contributed by atoms with E-state index in [1.807, 2.05) is 24.4 Å². The Labute approximate surface area is 141 Å². The first-order valence-corrected chi connectivity index (χ1v) is 8.01. The van der Waals surface area contributed by atoms with Crippen LogP contribution in [0.1, 0.15) is 5.56 Å². The van der Waals surface area contributed by atoms with Crippen LogP contribution in [0, 0.1) is 17.0 Å². The second-order valence-corrected chi connectivity index (χ2v) is 5.90. The van der Waals surface area contributed by atoms with Gasteiger partial charge in [0.25, 0.3) is 5.69 Å². The Morgan fingerprint density at radius 3 is 2.92 bits per heavy atom. The van der Waals surface area contributed by atoms with Crippen molar-refractivity contribution >= 4 is 34.7 Å². The number of nitro benzene ring substituents is 1. The van der Waals surface area contributed by atoms with Gasteiger partial charge in [0.15, 0.2) is 10.8 Å². The zero-order chi connectivity index (χ0) is 17.1. The van der Waals surface area contributed by atoms with Crippen LogP contribution in [0.4, 0.5) is 11.4 Å². The number of thioether (sulfide) groups is 1. The molecule has 0 fully saturated rings. The van der Waals surface area contributed by atoms with Crippen molar-refractivity contribution in [1.29, 1.82) is 0 Å². The number of hydrogen-bond acceptors (Lipinski definition) is 6. The molecule has 8 nitrogen and oxygen atoms in total. The van der Waals surface area contributed by atoms with Crippen molar-refractivity contribution < 1.29 is 9.72 Å². The molecule has 0 saturated heterocycles. The second kappa shape index (κ2) is 6.67. The summed E-state index contributed by atoms with van der Waals surface area (Å²) < 4.78 is 1.79. The molecular formula is C15H13N5O3S. The summed E-state index contributed by atoms with van der Waals surface area (Å²) in [4.78, 5) is 22.6. The zero-order valence-electron chi connectivity index (χ0n) is 12.7. The van der Waals surface area contributed by atoms with Gasteiger partial charge in [-0.15, -0.1) is 10.2 Å². The number of nitrogens with zero attached hydrogens (tertiary/aromatic N) is 4. The lowest BCUT2D eigenvalue weighted by molar-refractivity contribution is -0.385. The minimum absolute atomic E-state index is 0.0242. The SMILES string of the molecule is Cc1c(NC(=O)CSc2nnc3ccccn23)cccc1[N+](=O)[O-]. The van der Waals surface area contributed by atoms with Crippen molar-refractivity contribution in [1.82, 2.24) is 14.6 Å². The standard InChI is InChI=1S/C15H13N5O3S/c1-10-11(5-4-6-12(10)20(22)23)16-14(21)9-24-15-18-17-13-7-2-3-8-19(13)15/h2-8H,9H2,1H3,(H,16,21). The quantitative estimate of drug-likeness (QED) is 0.434. The molecular weight excluding hydrogens is 330 g/mol. The van der Waals surface area contributed by atoms with Crippen molar-refractivity contribution in [3.63, 3.8) is 0 Å². The van der Waals surface area contributed by atoms with Gasteiger partial charge in [-0.25, -0.2) is 0 Å². The third kappa shape index (κ3) is 3.20. The molecule has 0 aliphatic carbocycles. The van der Waals surface area contributed by atoms with Crippen LogP contribution in [0.25, 0.3) is 5.65 Å². The predicted octanol–water partition coefficient (Wildman–Crippen LogP) is 2.68. The Morgan fingerprint density at radius 2 is 2.12 bits per heavy atom. The summed E-state index contributed by atoms with van der Waals surface area (Å²) in [5, 5.41) is 22.3. The average molecular weight is 343 g/mol. The van der Waals surface area contributed by atoms with E-state index in [0.29, 0.717) is 22.1 Å². The molecule has 0 aliphatic rings. The highest BCUT2D eigenvalue weighted by molar-refractivity contribution is 7.99. The molecule has 0 radical (unpaired) electrons. The number of rotatable bonds is 5. The van der Waals surface area contributed by atoms with Gasteiger partial charge >= 0.3 is 0 Å². The molecule has 9 heteroatoms. The van der Waals surface area contributed by atoms with E-state index in [2.05, 4.69) is 15.5 Å². The molecule has 1 aromatic carbocycles. The number of hydrogen-bond donors (Lipinski definition) is 1. The van der Waals surface area contributed by atoms with Crippen molar-refractivity contribution in [2.24, 2.45) is 0 Å². The summed E-state index contributed by atoms with van der Waals surface area (Å²) in [7, 11) is 0. The number of carbonyl (C=O) groups excluding carboxylic acids is 1. The third-order valence-corrected chi connectivity index (χ3v) is 4.33. The van der Waals surface area contributed by atoms with Crippen LogP contribution in [0.2, 0.25) is 0 Å². The molecule has 122 valence electrons. The number of nitro groups is 1. The van der Waals surface area contributed by atoms with E-state index in [4.69, 9.17) is 0 Å². The van der Waals surface area contributed by atoms with Gasteiger partial charge in [0.2, 0.25) is 5.91 Å². The summed E-state index contributed by atoms with van der Waals surface area (Å²) in [6.45, 7) is 1.60. The van der Waals surface area contributed by atoms with E-state index in [1.54, 1.807) is 23.5 Å². The molecule has 0 bridgehead atoms. The summed E-state index contributed by atoms with van der Waals surface area (Å²) in [5.74, 6) is -0.144. The fraction of sp³-hybridized carbons (Fsp3) is 0.133. The molecule has 24 heavy (non-hydrogen) atoms. The van der Waals surface area contributed by atoms with E-state index in [-0.39, 0.29) is 17.3 Å². The first-order valence-electron chi connectivity index (χ1n) is 7.02. The fourth-order valence-electron chi connectivity index (χ4n) is 2.19. The lowest BCUT2D eigenvalue weighted by Crippen LogP contribution is -2.15. The third-order valence-electron chi connectivity index (χ3n) is 3.39. The van der Waals surface area contributed by atoms with E-state index in [1.165, 1.54) is 17.8 Å². The Kier molecular flexibility index (Phi) is 4.43. The molecule has 0 atom stereocenters. The van der Waals surface area contributed by atoms with Crippen LogP contribution in [0.3, 0.4) is 0 Å². The van der Waals surface area contributed by atoms with E-state index in [0.717, 1.165) is 0 Å². The van der Waals surface area contributed by atoms with Gasteiger partial charge in [-0.05, 0) is 25.1 Å². The average Bonchev–Trinajstić information content (AvgIpc) is 2.98. The summed E-state index contributed by atoms with van der Waals surface area (Å²) in [6.07, 6.45) is 1.82. The van der Waals surface area contributed by atoms with Crippen molar-refractivity contribution in [3.05, 3.63) is 58.3 Å². The number of anilines is 1. The largest absolute Gasteiger partial charge is 0.325 e. The van der Waals surface area contributed by atoms with Gasteiger partial charge < -0.3 is 5.32 Å². The van der Waals surface area contributed by atoms with Gasteiger partial charge in [-0.2, -0.15) is 0 Å². The van der Waals surface area contributed by atoms with Crippen molar-refractivity contribution in [2.75, 3.05) is 11.1 Å². The van der Waals surface area contributed by atoms with Gasteiger partial charge in [0, 0.05) is 12.3 Å². The Bertz CT molecular complexity index is 924. The number of fused-ring (bicyclic) bond motifs is 1. The normalized spacial score (nSPS) is 10.7. The van der Waals surface area contributed by atoms with Gasteiger partial charge in [-0.3, -0.25) is 19.3 Å². The highest BCUT2D eigenvalue weighted by Gasteiger charge is 2.15. The number of carbonyl (C=O) groups is 1. The maximum absolute atomic E-state index is 12.1. The lowest BCUT2D eigenvalue weighted by atomic mass is 10.1. The zero-order valence-corrected chi connectivity index (χ0v) is 13.5. The predicted molar refractivity (Wildman–Crippen MR) is 90.2 cm³/mol. The highest BCUT2D eigenvalue weighted by atomic mass is 32.2. The van der Waals surface area contributed by atoms with Crippen LogP contribution in [0.15, 0.2) is 47.8 Å². The van der Waals surface area contributed by atoms with Gasteiger partial charge in [0.05, 0.1) is 21.9 Å². The van der Waals surface area contributed by atoms with E-state index in [9.17, 15) is 14.9 Å². The minimum Gasteiger partial charge on any atom is -0.325 e. The number of aromatic nitrogens is 3. The molecule has 2 heterocycles. The maximum Gasteiger partial charge on any atom is 0.274 e. The Balaban J connectivity index is 1.68. The molecule has 1 N–H and O–H groups in total. The highest BCUT2D eigenvalue weighted by Crippen LogP contribution is 2.25. The van der Waals surface area contributed by atoms with Gasteiger partial charge in [-0.1, -0.05) is 23.9 Å². The topological polar surface area (TPSA) is 102 Å². The van der Waals surface area contributed by atoms with Crippen molar-refractivity contribution in [3.8, 4) is 0 Å². The summed E-state index contributed by atoms with van der Waals surface area (Å²) >= 11 is 1.24. The van der Waals surface area contributed by atoms with E-state index >= 15 is 0 Å². The molecule has 0 unspecified atom stereocenters. The van der Waals surface area contributed by atoms with Crippen LogP contribution in [-0.2, 0) is 4.79 Å². The second-order valence-electron chi connectivity index (χ2n) is 4.96. The summed E-state index contributed by atoms with van der Waals surface area (Å²) in [5.41, 5.74) is 1.54. The molecule has 0 aliphatic heterocycles. The molecule has 1 amide bonds. The van der Waals surface area contributed by atoms with Crippen LogP contribution < -0.4 is 5.32 Å². The molecule has 3 rings (SSSR count). The van der Waals surface area contributed by atoms with E-state index < -0.39 is 4.92 Å². The van der Waals surface area contributed by atoms with Crippen LogP contribution >= 0.6 is 11.8 Å². The lowest BCUT2D eigenvalue weighted by Gasteiger charge is -2.08. The van der Waals surface area contributed by atoms with Crippen molar-refractivity contribution in [2.45, 2.75) is 12.1 Å². The smallest absolute Gasteiger partial charge is 0.274 e. The number of pyridine rings is 1. The Morgan fingerprint density at radius 1 is 1.29 bits per heavy atom. The van der Waals surface area contributed by atoms with Crippen LogP contribution in [0.5, 0.6) is 0 Å². The maximum atomic E-state index is 12.1. The molecule has 3 aromatic rings. The molecule has 0 spiro atoms. The minimum atomic E-state index is -0.470. The number of benzene rings is 1. The molecule has 0 saturated carbocycles.